The molecule has 0 spiro atoms. The third-order valence-corrected chi connectivity index (χ3v) is 2.91. The normalized spacial score (nSPS) is 10.8. The van der Waals surface area contributed by atoms with Crippen LogP contribution in [0.25, 0.3) is 0 Å². The Balaban J connectivity index is 2.04. The zero-order valence-electron chi connectivity index (χ0n) is 11.6. The fourth-order valence-corrected chi connectivity index (χ4v) is 1.94. The van der Waals surface area contributed by atoms with Gasteiger partial charge in [-0.05, 0) is 17.5 Å². The monoisotopic (exact) mass is 274 g/mol. The van der Waals surface area contributed by atoms with Crippen molar-refractivity contribution in [1.29, 1.82) is 0 Å². The molecule has 2 N–H and O–H groups in total. The molecule has 0 aliphatic heterocycles. The minimum Gasteiger partial charge on any atom is -0.390 e. The van der Waals surface area contributed by atoms with Crippen molar-refractivity contribution in [2.45, 2.75) is 32.9 Å². The van der Waals surface area contributed by atoms with E-state index in [9.17, 15) is 4.79 Å². The van der Waals surface area contributed by atoms with Gasteiger partial charge in [0, 0.05) is 5.69 Å². The van der Waals surface area contributed by atoms with Crippen LogP contribution < -0.4 is 5.32 Å². The Hall–Kier alpha value is -2.21. The summed E-state index contributed by atoms with van der Waals surface area (Å²) < 4.78 is 1.40. The molecule has 0 saturated heterocycles. The number of hydrogen-bond acceptors (Lipinski definition) is 4. The van der Waals surface area contributed by atoms with Gasteiger partial charge in [0.25, 0.3) is 0 Å². The molecular weight excluding hydrogens is 256 g/mol. The van der Waals surface area contributed by atoms with Crippen molar-refractivity contribution in [3.8, 4) is 0 Å². The first kappa shape index (κ1) is 14.2. The Bertz CT molecular complexity index is 592. The van der Waals surface area contributed by atoms with E-state index in [4.69, 9.17) is 5.11 Å². The maximum Gasteiger partial charge on any atom is 0.246 e. The van der Waals surface area contributed by atoms with Crippen LogP contribution >= 0.6 is 0 Å². The molecule has 6 nitrogen and oxygen atoms in total. The molecule has 1 amide bonds. The second kappa shape index (κ2) is 6.29. The molecular formula is C14H18N4O2. The average Bonchev–Trinajstić information content (AvgIpc) is 2.86. The number of nitrogens with zero attached hydrogens (tertiary/aromatic N) is 3. The van der Waals surface area contributed by atoms with Gasteiger partial charge in [-0.15, -0.1) is 5.10 Å². The molecule has 0 unspecified atom stereocenters. The summed E-state index contributed by atoms with van der Waals surface area (Å²) in [5.41, 5.74) is 2.35. The van der Waals surface area contributed by atoms with Gasteiger partial charge in [-0.1, -0.05) is 37.3 Å². The fraction of sp³-hybridized carbons (Fsp3) is 0.357. The van der Waals surface area contributed by atoms with Crippen molar-refractivity contribution in [3.05, 3.63) is 41.7 Å². The lowest BCUT2D eigenvalue weighted by Crippen LogP contribution is -2.20. The van der Waals surface area contributed by atoms with Gasteiger partial charge in [-0.2, -0.15) is 0 Å². The van der Waals surface area contributed by atoms with Crippen molar-refractivity contribution < 1.29 is 9.90 Å². The number of aliphatic hydroxyl groups excluding tert-OH is 1. The van der Waals surface area contributed by atoms with Gasteiger partial charge < -0.3 is 10.4 Å². The molecule has 1 aromatic carbocycles. The Labute approximate surface area is 117 Å². The van der Waals surface area contributed by atoms with E-state index >= 15 is 0 Å². The summed E-state index contributed by atoms with van der Waals surface area (Å²) in [6, 6.07) is 7.73. The smallest absolute Gasteiger partial charge is 0.246 e. The first-order chi connectivity index (χ1) is 9.60. The zero-order chi connectivity index (χ0) is 14.5. The minimum absolute atomic E-state index is 0.0689. The summed E-state index contributed by atoms with van der Waals surface area (Å²) in [5, 5.41) is 19.3. The summed E-state index contributed by atoms with van der Waals surface area (Å²) in [5.74, 6) is 0.159. The molecule has 0 saturated carbocycles. The van der Waals surface area contributed by atoms with Crippen LogP contribution in [0.5, 0.6) is 0 Å². The van der Waals surface area contributed by atoms with Crippen LogP contribution in [0.3, 0.4) is 0 Å². The van der Waals surface area contributed by atoms with Crippen molar-refractivity contribution in [2.24, 2.45) is 0 Å². The molecule has 0 aliphatic carbocycles. The van der Waals surface area contributed by atoms with Crippen molar-refractivity contribution >= 4 is 11.6 Å². The zero-order valence-corrected chi connectivity index (χ0v) is 11.6. The van der Waals surface area contributed by atoms with Crippen LogP contribution in [0.2, 0.25) is 0 Å². The van der Waals surface area contributed by atoms with Gasteiger partial charge in [0.15, 0.2) is 0 Å². The van der Waals surface area contributed by atoms with E-state index in [1.807, 2.05) is 24.3 Å². The van der Waals surface area contributed by atoms with Gasteiger partial charge in [0.1, 0.15) is 12.2 Å². The van der Waals surface area contributed by atoms with Crippen LogP contribution in [0.15, 0.2) is 30.5 Å². The molecule has 2 rings (SSSR count). The number of amides is 1. The highest BCUT2D eigenvalue weighted by molar-refractivity contribution is 5.91. The molecule has 6 heteroatoms. The Kier molecular flexibility index (Phi) is 4.47. The van der Waals surface area contributed by atoms with Crippen molar-refractivity contribution in [3.63, 3.8) is 0 Å². The lowest BCUT2D eigenvalue weighted by Gasteiger charge is -2.13. The van der Waals surface area contributed by atoms with Crippen LogP contribution in [0.4, 0.5) is 5.69 Å². The standard InChI is InChI=1S/C14H18N4O2/c1-10(2)12-5-3-4-6-13(12)15-14(20)8-18-7-11(9-19)16-17-18/h3-7,10,19H,8-9H2,1-2H3,(H,15,20). The molecule has 0 fully saturated rings. The lowest BCUT2D eigenvalue weighted by atomic mass is 10.0. The van der Waals surface area contributed by atoms with Gasteiger partial charge in [-0.25, -0.2) is 4.68 Å². The number of aromatic nitrogens is 3. The van der Waals surface area contributed by atoms with Crippen LogP contribution in [0.1, 0.15) is 31.0 Å². The van der Waals surface area contributed by atoms with Crippen molar-refractivity contribution in [2.75, 3.05) is 5.32 Å². The van der Waals surface area contributed by atoms with Crippen LogP contribution in [-0.2, 0) is 17.9 Å². The quantitative estimate of drug-likeness (QED) is 0.866. The number of hydrogen-bond donors (Lipinski definition) is 2. The van der Waals surface area contributed by atoms with E-state index in [2.05, 4.69) is 29.5 Å². The lowest BCUT2D eigenvalue weighted by molar-refractivity contribution is -0.116. The predicted octanol–water partition coefficient (Wildman–Crippen LogP) is 1.53. The molecule has 0 radical (unpaired) electrons. The first-order valence-electron chi connectivity index (χ1n) is 6.48. The number of carbonyl (C=O) groups is 1. The number of carbonyl (C=O) groups excluding carboxylic acids is 1. The third-order valence-electron chi connectivity index (χ3n) is 2.91. The SMILES string of the molecule is CC(C)c1ccccc1NC(=O)Cn1cc(CO)nn1. The minimum atomic E-state index is -0.183. The number of rotatable bonds is 5. The fourth-order valence-electron chi connectivity index (χ4n) is 1.94. The molecule has 0 atom stereocenters. The second-order valence-electron chi connectivity index (χ2n) is 4.86. The van der Waals surface area contributed by atoms with E-state index in [0.717, 1.165) is 11.3 Å². The molecule has 2 aromatic rings. The molecule has 1 aromatic heterocycles. The van der Waals surface area contributed by atoms with Crippen LogP contribution in [0, 0.1) is 0 Å². The number of anilines is 1. The largest absolute Gasteiger partial charge is 0.390 e. The van der Waals surface area contributed by atoms with E-state index in [1.54, 1.807) is 6.20 Å². The highest BCUT2D eigenvalue weighted by atomic mass is 16.3. The summed E-state index contributed by atoms with van der Waals surface area (Å²) in [7, 11) is 0. The van der Waals surface area contributed by atoms with E-state index in [1.165, 1.54) is 4.68 Å². The number of para-hydroxylation sites is 1. The van der Waals surface area contributed by atoms with Gasteiger partial charge in [0.05, 0.1) is 12.8 Å². The maximum atomic E-state index is 12.0. The average molecular weight is 274 g/mol. The highest BCUT2D eigenvalue weighted by Gasteiger charge is 2.10. The number of benzene rings is 1. The maximum absolute atomic E-state index is 12.0. The molecule has 1 heterocycles. The first-order valence-corrected chi connectivity index (χ1v) is 6.48. The van der Waals surface area contributed by atoms with E-state index in [0.29, 0.717) is 11.6 Å². The van der Waals surface area contributed by atoms with Gasteiger partial charge >= 0.3 is 0 Å². The van der Waals surface area contributed by atoms with Crippen LogP contribution in [-0.4, -0.2) is 26.0 Å². The second-order valence-corrected chi connectivity index (χ2v) is 4.86. The molecule has 106 valence electrons. The Morgan fingerprint density at radius 2 is 2.15 bits per heavy atom. The van der Waals surface area contributed by atoms with Gasteiger partial charge in [0.2, 0.25) is 5.91 Å². The number of nitrogens with one attached hydrogen (secondary N) is 1. The Morgan fingerprint density at radius 1 is 1.40 bits per heavy atom. The van der Waals surface area contributed by atoms with Crippen molar-refractivity contribution in [1.82, 2.24) is 15.0 Å². The topological polar surface area (TPSA) is 80.0 Å². The van der Waals surface area contributed by atoms with E-state index in [-0.39, 0.29) is 19.1 Å². The molecule has 0 aliphatic rings. The summed E-state index contributed by atoms with van der Waals surface area (Å²) in [6.45, 7) is 4.04. The summed E-state index contributed by atoms with van der Waals surface area (Å²) >= 11 is 0. The summed E-state index contributed by atoms with van der Waals surface area (Å²) in [4.78, 5) is 12.0. The predicted molar refractivity (Wildman–Crippen MR) is 75.1 cm³/mol. The Morgan fingerprint density at radius 3 is 2.80 bits per heavy atom. The highest BCUT2D eigenvalue weighted by Crippen LogP contribution is 2.23. The number of aliphatic hydroxyl groups is 1. The van der Waals surface area contributed by atoms with E-state index < -0.39 is 0 Å². The van der Waals surface area contributed by atoms with Gasteiger partial charge in [-0.3, -0.25) is 4.79 Å². The third kappa shape index (κ3) is 3.42. The summed E-state index contributed by atoms with van der Waals surface area (Å²) in [6.07, 6.45) is 1.55. The molecule has 0 bridgehead atoms. The molecule has 20 heavy (non-hydrogen) atoms.